The number of hydrogen-bond acceptors (Lipinski definition) is 5. The second-order valence-electron chi connectivity index (χ2n) is 5.21. The second-order valence-corrected chi connectivity index (χ2v) is 8.55. The quantitative estimate of drug-likeness (QED) is 0.751. The van der Waals surface area contributed by atoms with Crippen molar-refractivity contribution >= 4 is 33.5 Å². The first kappa shape index (κ1) is 14.6. The van der Waals surface area contributed by atoms with Gasteiger partial charge in [0, 0.05) is 12.2 Å². The van der Waals surface area contributed by atoms with Crippen LogP contribution in [0.4, 0.5) is 0 Å². The fourth-order valence-corrected chi connectivity index (χ4v) is 5.69. The summed E-state index contributed by atoms with van der Waals surface area (Å²) in [5.41, 5.74) is -1.17. The predicted molar refractivity (Wildman–Crippen MR) is 71.8 cm³/mol. The average Bonchev–Trinajstić information content (AvgIpc) is 2.86. The van der Waals surface area contributed by atoms with Crippen LogP contribution in [0.1, 0.15) is 19.3 Å². The molecule has 0 aromatic carbocycles. The molecule has 2 atom stereocenters. The lowest BCUT2D eigenvalue weighted by molar-refractivity contribution is -0.146. The van der Waals surface area contributed by atoms with E-state index in [-0.39, 0.29) is 29.8 Å². The van der Waals surface area contributed by atoms with Gasteiger partial charge in [-0.25, -0.2) is 13.2 Å². The highest BCUT2D eigenvalue weighted by atomic mass is 32.2. The van der Waals surface area contributed by atoms with Crippen LogP contribution in [-0.2, 0) is 19.4 Å². The number of rotatable bonds is 4. The normalized spacial score (nSPS) is 33.2. The Morgan fingerprint density at radius 2 is 2.16 bits per heavy atom. The summed E-state index contributed by atoms with van der Waals surface area (Å²) >= 11 is 1.50. The zero-order valence-electron chi connectivity index (χ0n) is 10.4. The number of amides is 1. The van der Waals surface area contributed by atoms with Crippen molar-refractivity contribution in [1.82, 2.24) is 5.32 Å². The Balaban J connectivity index is 1.92. The molecule has 0 aliphatic carbocycles. The smallest absolute Gasteiger partial charge is 0.330 e. The van der Waals surface area contributed by atoms with Crippen molar-refractivity contribution < 1.29 is 23.1 Å². The largest absolute Gasteiger partial charge is 0.479 e. The first-order chi connectivity index (χ1) is 8.83. The van der Waals surface area contributed by atoms with E-state index in [4.69, 9.17) is 0 Å². The molecule has 8 heteroatoms. The number of carboxylic acid groups (broad SMARTS) is 1. The van der Waals surface area contributed by atoms with Crippen molar-refractivity contribution in [3.63, 3.8) is 0 Å². The Morgan fingerprint density at radius 1 is 1.42 bits per heavy atom. The van der Waals surface area contributed by atoms with Gasteiger partial charge in [-0.05, 0) is 24.5 Å². The van der Waals surface area contributed by atoms with Crippen molar-refractivity contribution in [2.75, 3.05) is 23.0 Å². The molecule has 2 N–H and O–H groups in total. The Bertz CT molecular complexity index is 481. The van der Waals surface area contributed by atoms with Crippen LogP contribution in [0.3, 0.4) is 0 Å². The Hall–Kier alpha value is -0.760. The number of sulfone groups is 1. The van der Waals surface area contributed by atoms with Crippen LogP contribution < -0.4 is 5.32 Å². The molecule has 0 radical (unpaired) electrons. The number of carbonyl (C=O) groups is 2. The van der Waals surface area contributed by atoms with Crippen LogP contribution in [0.2, 0.25) is 0 Å². The molecular formula is C11H17NO5S2. The second kappa shape index (κ2) is 5.32. The van der Waals surface area contributed by atoms with E-state index in [1.54, 1.807) is 0 Å². The van der Waals surface area contributed by atoms with Gasteiger partial charge in [-0.2, -0.15) is 11.8 Å². The molecule has 0 bridgehead atoms. The third-order valence-corrected chi connectivity index (χ3v) is 6.64. The first-order valence-corrected chi connectivity index (χ1v) is 9.13. The maximum Gasteiger partial charge on any atom is 0.330 e. The number of thioether (sulfide) groups is 1. The van der Waals surface area contributed by atoms with Crippen molar-refractivity contribution in [2.24, 2.45) is 5.92 Å². The van der Waals surface area contributed by atoms with E-state index in [2.05, 4.69) is 5.32 Å². The van der Waals surface area contributed by atoms with Crippen molar-refractivity contribution in [3.8, 4) is 0 Å². The third kappa shape index (κ3) is 3.42. The van der Waals surface area contributed by atoms with Gasteiger partial charge in [-0.15, -0.1) is 0 Å². The highest BCUT2D eigenvalue weighted by molar-refractivity contribution is 7.99. The van der Waals surface area contributed by atoms with Crippen LogP contribution in [0, 0.1) is 5.92 Å². The third-order valence-electron chi connectivity index (χ3n) is 3.61. The van der Waals surface area contributed by atoms with Gasteiger partial charge in [-0.1, -0.05) is 0 Å². The van der Waals surface area contributed by atoms with Crippen LogP contribution >= 0.6 is 11.8 Å². The first-order valence-electron chi connectivity index (χ1n) is 6.16. The molecule has 2 heterocycles. The number of nitrogens with one attached hydrogen (secondary N) is 1. The fraction of sp³-hybridized carbons (Fsp3) is 0.818. The average molecular weight is 307 g/mol. The summed E-state index contributed by atoms with van der Waals surface area (Å²) in [5, 5.41) is 11.8. The number of carboxylic acids is 1. The molecule has 2 fully saturated rings. The number of hydrogen-bond donors (Lipinski definition) is 2. The molecule has 0 aromatic heterocycles. The topological polar surface area (TPSA) is 101 Å². The minimum absolute atomic E-state index is 0.0369. The van der Waals surface area contributed by atoms with Gasteiger partial charge >= 0.3 is 5.97 Å². The van der Waals surface area contributed by atoms with E-state index >= 15 is 0 Å². The van der Waals surface area contributed by atoms with Crippen molar-refractivity contribution in [2.45, 2.75) is 24.8 Å². The monoisotopic (exact) mass is 307 g/mol. The zero-order chi connectivity index (χ0) is 14.1. The minimum Gasteiger partial charge on any atom is -0.479 e. The molecule has 0 aromatic rings. The lowest BCUT2D eigenvalue weighted by atomic mass is 9.97. The molecule has 2 saturated heterocycles. The van der Waals surface area contributed by atoms with Crippen LogP contribution in [0.25, 0.3) is 0 Å². The number of carbonyl (C=O) groups excluding carboxylic acids is 1. The fourth-order valence-electron chi connectivity index (χ4n) is 2.50. The maximum atomic E-state index is 11.9. The standard InChI is InChI=1S/C11H17NO5S2/c13-9(5-8-1-4-19(16,17)6-8)12-11(10(14)15)2-3-18-7-11/h8H,1-7H2,(H,12,13)(H,14,15). The zero-order valence-corrected chi connectivity index (χ0v) is 12.1. The molecule has 2 aliphatic rings. The summed E-state index contributed by atoms with van der Waals surface area (Å²) in [6.45, 7) is 0. The van der Waals surface area contributed by atoms with Gasteiger partial charge in [0.1, 0.15) is 5.54 Å². The highest BCUT2D eigenvalue weighted by Crippen LogP contribution is 2.29. The lowest BCUT2D eigenvalue weighted by Gasteiger charge is -2.25. The van der Waals surface area contributed by atoms with Crippen molar-refractivity contribution in [3.05, 3.63) is 0 Å². The lowest BCUT2D eigenvalue weighted by Crippen LogP contribution is -2.55. The van der Waals surface area contributed by atoms with E-state index in [0.29, 0.717) is 24.3 Å². The molecule has 0 saturated carbocycles. The number of aliphatic carboxylic acids is 1. The predicted octanol–water partition coefficient (Wildman–Crippen LogP) is -0.112. The Morgan fingerprint density at radius 3 is 2.63 bits per heavy atom. The van der Waals surface area contributed by atoms with Gasteiger partial charge in [0.25, 0.3) is 0 Å². The van der Waals surface area contributed by atoms with Gasteiger partial charge < -0.3 is 10.4 Å². The minimum atomic E-state index is -3.00. The Labute approximate surface area is 116 Å². The summed E-state index contributed by atoms with van der Waals surface area (Å²) < 4.78 is 22.6. The Kier molecular flexibility index (Phi) is 4.10. The van der Waals surface area contributed by atoms with Crippen LogP contribution in [-0.4, -0.2) is 54.0 Å². The van der Waals surface area contributed by atoms with E-state index in [1.165, 1.54) is 11.8 Å². The van der Waals surface area contributed by atoms with Crippen LogP contribution in [0.5, 0.6) is 0 Å². The van der Waals surface area contributed by atoms with Crippen molar-refractivity contribution in [1.29, 1.82) is 0 Å². The molecule has 6 nitrogen and oxygen atoms in total. The highest BCUT2D eigenvalue weighted by Gasteiger charge is 2.43. The summed E-state index contributed by atoms with van der Waals surface area (Å²) in [6.07, 6.45) is 1.01. The summed E-state index contributed by atoms with van der Waals surface area (Å²) in [5.74, 6) is -0.288. The molecule has 2 rings (SSSR count). The molecule has 2 aliphatic heterocycles. The summed E-state index contributed by atoms with van der Waals surface area (Å²) in [7, 11) is -3.00. The van der Waals surface area contributed by atoms with Gasteiger partial charge in [-0.3, -0.25) is 4.79 Å². The molecule has 2 unspecified atom stereocenters. The van der Waals surface area contributed by atoms with Crippen LogP contribution in [0.15, 0.2) is 0 Å². The molecule has 108 valence electrons. The maximum absolute atomic E-state index is 11.9. The summed E-state index contributed by atoms with van der Waals surface area (Å²) in [4.78, 5) is 23.2. The van der Waals surface area contributed by atoms with Gasteiger partial charge in [0.15, 0.2) is 9.84 Å². The van der Waals surface area contributed by atoms with Gasteiger partial charge in [0.05, 0.1) is 11.5 Å². The molecule has 19 heavy (non-hydrogen) atoms. The molecular weight excluding hydrogens is 290 g/mol. The van der Waals surface area contributed by atoms with Gasteiger partial charge in [0.2, 0.25) is 5.91 Å². The van der Waals surface area contributed by atoms with E-state index in [0.717, 1.165) is 0 Å². The summed E-state index contributed by atoms with van der Waals surface area (Å²) in [6, 6.07) is 0. The van der Waals surface area contributed by atoms with E-state index < -0.39 is 21.3 Å². The molecule has 1 amide bonds. The van der Waals surface area contributed by atoms with E-state index in [1.807, 2.05) is 0 Å². The SMILES string of the molecule is O=C(CC1CCS(=O)(=O)C1)NC1(C(=O)O)CCSC1. The molecule has 0 spiro atoms. The van der Waals surface area contributed by atoms with E-state index in [9.17, 15) is 23.1 Å².